The van der Waals surface area contributed by atoms with Gasteiger partial charge >= 0.3 is 5.76 Å². The van der Waals surface area contributed by atoms with Crippen LogP contribution < -0.4 is 10.1 Å². The molecule has 0 saturated carbocycles. The minimum Gasteiger partial charge on any atom is -0.493 e. The highest BCUT2D eigenvalue weighted by Gasteiger charge is 2.27. The molecule has 1 amide bonds. The van der Waals surface area contributed by atoms with Crippen LogP contribution in [0.25, 0.3) is 0 Å². The van der Waals surface area contributed by atoms with E-state index >= 15 is 0 Å². The van der Waals surface area contributed by atoms with Crippen molar-refractivity contribution in [2.24, 2.45) is 0 Å². The first-order chi connectivity index (χ1) is 12.3. The summed E-state index contributed by atoms with van der Waals surface area (Å²) in [4.78, 5) is 11.9. The average molecular weight is 446 g/mol. The Labute approximate surface area is 157 Å². The van der Waals surface area contributed by atoms with Crippen LogP contribution in [-0.2, 0) is 9.84 Å². The van der Waals surface area contributed by atoms with Crippen LogP contribution in [0.1, 0.15) is 28.4 Å². The number of hydrogen-bond acceptors (Lipinski definition) is 4. The maximum absolute atomic E-state index is 12.6. The van der Waals surface area contributed by atoms with Crippen molar-refractivity contribution in [2.75, 3.05) is 6.61 Å². The van der Waals surface area contributed by atoms with Crippen molar-refractivity contribution in [1.29, 1.82) is 0 Å². The van der Waals surface area contributed by atoms with Crippen LogP contribution in [0.5, 0.6) is 5.75 Å². The Balaban J connectivity index is 1.79. The molecule has 1 aliphatic heterocycles. The number of halogens is 3. The van der Waals surface area contributed by atoms with E-state index in [4.69, 9.17) is 4.74 Å². The molecular formula is C17H14BrF2NO4S. The number of sulfone groups is 1. The van der Waals surface area contributed by atoms with Gasteiger partial charge in [0.1, 0.15) is 5.75 Å². The molecule has 0 fully saturated rings. The number of amides is 1. The molecule has 9 heteroatoms. The fourth-order valence-electron chi connectivity index (χ4n) is 2.66. The molecule has 1 heterocycles. The number of rotatable bonds is 4. The van der Waals surface area contributed by atoms with E-state index in [0.29, 0.717) is 18.8 Å². The quantitative estimate of drug-likeness (QED) is 0.778. The van der Waals surface area contributed by atoms with E-state index in [1.165, 1.54) is 12.1 Å². The largest absolute Gasteiger partial charge is 0.493 e. The second kappa shape index (κ2) is 7.32. The second-order valence-electron chi connectivity index (χ2n) is 5.68. The fourth-order valence-corrected chi connectivity index (χ4v) is 3.76. The van der Waals surface area contributed by atoms with E-state index in [1.54, 1.807) is 0 Å². The highest BCUT2D eigenvalue weighted by molar-refractivity contribution is 9.10. The van der Waals surface area contributed by atoms with Gasteiger partial charge in [-0.15, -0.1) is 0 Å². The zero-order chi connectivity index (χ0) is 18.9. The van der Waals surface area contributed by atoms with Crippen LogP contribution in [-0.4, -0.2) is 26.7 Å². The first-order valence-corrected chi connectivity index (χ1v) is 9.98. The van der Waals surface area contributed by atoms with Gasteiger partial charge in [-0.25, -0.2) is 8.42 Å². The molecule has 0 saturated heterocycles. The van der Waals surface area contributed by atoms with Gasteiger partial charge in [-0.05, 0) is 42.5 Å². The minimum absolute atomic E-state index is 0.182. The lowest BCUT2D eigenvalue weighted by Gasteiger charge is -2.27. The lowest BCUT2D eigenvalue weighted by Crippen LogP contribution is -2.32. The van der Waals surface area contributed by atoms with Crippen LogP contribution in [0.3, 0.4) is 0 Å². The maximum atomic E-state index is 12.6. The van der Waals surface area contributed by atoms with Crippen LogP contribution in [0.2, 0.25) is 0 Å². The van der Waals surface area contributed by atoms with E-state index in [9.17, 15) is 22.0 Å². The van der Waals surface area contributed by atoms with Crippen molar-refractivity contribution in [3.8, 4) is 5.75 Å². The van der Waals surface area contributed by atoms with E-state index in [-0.39, 0.29) is 11.6 Å². The van der Waals surface area contributed by atoms with E-state index in [1.807, 2.05) is 18.2 Å². The third-order valence-electron chi connectivity index (χ3n) is 4.00. The maximum Gasteiger partial charge on any atom is 0.341 e. The molecule has 1 unspecified atom stereocenters. The van der Waals surface area contributed by atoms with Crippen LogP contribution in [0.4, 0.5) is 8.78 Å². The van der Waals surface area contributed by atoms with Gasteiger partial charge in [-0.1, -0.05) is 15.9 Å². The summed E-state index contributed by atoms with van der Waals surface area (Å²) in [7, 11) is -4.68. The number of carbonyl (C=O) groups is 1. The highest BCUT2D eigenvalue weighted by atomic mass is 79.9. The summed E-state index contributed by atoms with van der Waals surface area (Å²) in [5.41, 5.74) is 1.01. The Bertz CT molecular complexity index is 932. The van der Waals surface area contributed by atoms with Crippen molar-refractivity contribution >= 4 is 31.7 Å². The summed E-state index contributed by atoms with van der Waals surface area (Å²) in [6.07, 6.45) is 0.576. The number of nitrogens with one attached hydrogen (secondary N) is 1. The standard InChI is InChI=1S/C17H14BrF2NO4S/c18-11-3-6-15-13(9-11)14(7-8-25-15)21-16(22)10-1-4-12(5-2-10)26(23,24)17(19)20/h1-6,9,14,17H,7-8H2,(H,21,22). The number of fused-ring (bicyclic) bond motifs is 1. The zero-order valence-corrected chi connectivity index (χ0v) is 15.7. The number of carbonyl (C=O) groups excluding carboxylic acids is 1. The van der Waals surface area contributed by atoms with Gasteiger partial charge < -0.3 is 10.1 Å². The monoisotopic (exact) mass is 445 g/mol. The number of ether oxygens (including phenoxy) is 1. The lowest BCUT2D eigenvalue weighted by atomic mass is 10.00. The predicted octanol–water partition coefficient (Wildman–Crippen LogP) is 3.70. The second-order valence-corrected chi connectivity index (χ2v) is 8.51. The molecule has 1 N–H and O–H groups in total. The summed E-state index contributed by atoms with van der Waals surface area (Å²) in [6.45, 7) is 0.450. The molecule has 1 atom stereocenters. The van der Waals surface area contributed by atoms with Crippen LogP contribution in [0, 0.1) is 0 Å². The summed E-state index contributed by atoms with van der Waals surface area (Å²) in [5.74, 6) is -3.24. The Morgan fingerprint density at radius 1 is 1.19 bits per heavy atom. The third-order valence-corrected chi connectivity index (χ3v) is 5.89. The summed E-state index contributed by atoms with van der Waals surface area (Å²) in [5, 5.41) is 2.86. The topological polar surface area (TPSA) is 72.5 Å². The van der Waals surface area contributed by atoms with Crippen molar-refractivity contribution in [2.45, 2.75) is 23.1 Å². The molecule has 5 nitrogen and oxygen atoms in total. The first kappa shape index (κ1) is 18.8. The number of hydrogen-bond donors (Lipinski definition) is 1. The lowest BCUT2D eigenvalue weighted by molar-refractivity contribution is 0.0924. The molecule has 1 aliphatic rings. The Morgan fingerprint density at radius 3 is 2.54 bits per heavy atom. The number of alkyl halides is 2. The predicted molar refractivity (Wildman–Crippen MR) is 94.1 cm³/mol. The molecular weight excluding hydrogens is 432 g/mol. The first-order valence-electron chi connectivity index (χ1n) is 7.64. The van der Waals surface area contributed by atoms with Crippen LogP contribution >= 0.6 is 15.9 Å². The molecule has 0 radical (unpaired) electrons. The molecule has 0 bridgehead atoms. The number of benzene rings is 2. The van der Waals surface area contributed by atoms with Crippen molar-refractivity contribution in [1.82, 2.24) is 5.32 Å². The van der Waals surface area contributed by atoms with Gasteiger partial charge in [0, 0.05) is 22.0 Å². The summed E-state index contributed by atoms with van der Waals surface area (Å²) >= 11 is 3.38. The smallest absolute Gasteiger partial charge is 0.341 e. The molecule has 0 spiro atoms. The molecule has 2 aromatic carbocycles. The van der Waals surface area contributed by atoms with E-state index in [2.05, 4.69) is 21.2 Å². The SMILES string of the molecule is O=C(NC1CCOc2ccc(Br)cc21)c1ccc(S(=O)(=O)C(F)F)cc1. The molecule has 0 aliphatic carbocycles. The van der Waals surface area contributed by atoms with Gasteiger partial charge in [-0.3, -0.25) is 4.79 Å². The van der Waals surface area contributed by atoms with Gasteiger partial charge in [0.2, 0.25) is 9.84 Å². The van der Waals surface area contributed by atoms with E-state index < -0.39 is 26.4 Å². The molecule has 3 rings (SSSR count). The molecule has 0 aromatic heterocycles. The molecule has 138 valence electrons. The van der Waals surface area contributed by atoms with Gasteiger partial charge in [-0.2, -0.15) is 8.78 Å². The zero-order valence-electron chi connectivity index (χ0n) is 13.3. The van der Waals surface area contributed by atoms with Gasteiger partial charge in [0.25, 0.3) is 5.91 Å². The van der Waals surface area contributed by atoms with Crippen molar-refractivity contribution < 1.29 is 26.7 Å². The van der Waals surface area contributed by atoms with Gasteiger partial charge in [0.15, 0.2) is 0 Å². The normalized spacial score (nSPS) is 16.7. The Morgan fingerprint density at radius 2 is 1.88 bits per heavy atom. The third kappa shape index (κ3) is 3.73. The Hall–Kier alpha value is -2.00. The van der Waals surface area contributed by atoms with Crippen molar-refractivity contribution in [3.05, 3.63) is 58.1 Å². The fraction of sp³-hybridized carbons (Fsp3) is 0.235. The summed E-state index contributed by atoms with van der Waals surface area (Å²) < 4.78 is 54.4. The minimum atomic E-state index is -4.68. The van der Waals surface area contributed by atoms with Crippen molar-refractivity contribution in [3.63, 3.8) is 0 Å². The average Bonchev–Trinajstić information content (AvgIpc) is 2.62. The van der Waals surface area contributed by atoms with Gasteiger partial charge in [0.05, 0.1) is 17.5 Å². The highest BCUT2D eigenvalue weighted by Crippen LogP contribution is 2.34. The molecule has 2 aromatic rings. The Kier molecular flexibility index (Phi) is 5.29. The van der Waals surface area contributed by atoms with E-state index in [0.717, 1.165) is 22.2 Å². The summed E-state index contributed by atoms with van der Waals surface area (Å²) in [6, 6.07) is 9.67. The van der Waals surface area contributed by atoms with Crippen LogP contribution in [0.15, 0.2) is 51.8 Å². The molecule has 26 heavy (non-hydrogen) atoms.